The molecule has 1 aromatic heterocycles. The summed E-state index contributed by atoms with van der Waals surface area (Å²) in [5.41, 5.74) is 3.06. The van der Waals surface area contributed by atoms with Crippen LogP contribution in [0.15, 0.2) is 48.5 Å². The van der Waals surface area contributed by atoms with Gasteiger partial charge in [-0.25, -0.2) is 9.18 Å². The zero-order valence-electron chi connectivity index (χ0n) is 16.7. The normalized spacial score (nSPS) is 16.5. The van der Waals surface area contributed by atoms with E-state index in [0.29, 0.717) is 42.9 Å². The summed E-state index contributed by atoms with van der Waals surface area (Å²) in [7, 11) is 0. The molecular formula is C23H22FN3O3. The highest BCUT2D eigenvalue weighted by atomic mass is 19.1. The number of carbonyl (C=O) groups excluding carboxylic acids is 1. The maximum Gasteiger partial charge on any atom is 0.410 e. The van der Waals surface area contributed by atoms with Gasteiger partial charge in [0.1, 0.15) is 29.5 Å². The highest BCUT2D eigenvalue weighted by Crippen LogP contribution is 2.50. The number of likely N-dealkylation sites (tertiary alicyclic amines) is 1. The Morgan fingerprint density at radius 3 is 2.73 bits per heavy atom. The Morgan fingerprint density at radius 2 is 1.97 bits per heavy atom. The number of rotatable bonds is 2. The van der Waals surface area contributed by atoms with E-state index in [1.54, 1.807) is 17.0 Å². The predicted molar refractivity (Wildman–Crippen MR) is 108 cm³/mol. The first-order chi connectivity index (χ1) is 14.6. The van der Waals surface area contributed by atoms with Gasteiger partial charge < -0.3 is 14.4 Å². The van der Waals surface area contributed by atoms with Crippen LogP contribution < -0.4 is 4.74 Å². The molecule has 0 bridgehead atoms. The van der Waals surface area contributed by atoms with E-state index in [1.165, 1.54) is 6.07 Å². The number of aromatic amines is 1. The van der Waals surface area contributed by atoms with Gasteiger partial charge in [0.2, 0.25) is 0 Å². The lowest BCUT2D eigenvalue weighted by Crippen LogP contribution is -2.49. The zero-order chi connectivity index (χ0) is 20.7. The fourth-order valence-electron chi connectivity index (χ4n) is 4.46. The van der Waals surface area contributed by atoms with Crippen LogP contribution in [0.1, 0.15) is 29.7 Å². The van der Waals surface area contributed by atoms with Crippen LogP contribution in [0.5, 0.6) is 5.75 Å². The first-order valence-electron chi connectivity index (χ1n) is 10.1. The zero-order valence-corrected chi connectivity index (χ0v) is 16.7. The van der Waals surface area contributed by atoms with Crippen molar-refractivity contribution in [2.45, 2.75) is 32.0 Å². The van der Waals surface area contributed by atoms with Crippen molar-refractivity contribution in [2.24, 2.45) is 0 Å². The van der Waals surface area contributed by atoms with Gasteiger partial charge in [-0.05, 0) is 24.6 Å². The molecule has 5 rings (SSSR count). The van der Waals surface area contributed by atoms with Gasteiger partial charge in [-0.3, -0.25) is 5.10 Å². The number of hydrogen-bond donors (Lipinski definition) is 1. The quantitative estimate of drug-likeness (QED) is 0.677. The van der Waals surface area contributed by atoms with Crippen molar-refractivity contribution in [3.63, 3.8) is 0 Å². The number of ether oxygens (including phenoxy) is 2. The molecule has 2 aromatic carbocycles. The van der Waals surface area contributed by atoms with E-state index < -0.39 is 5.60 Å². The molecule has 0 atom stereocenters. The van der Waals surface area contributed by atoms with Crippen molar-refractivity contribution in [1.82, 2.24) is 15.1 Å². The molecule has 1 spiro atoms. The number of benzene rings is 2. The SMILES string of the molecule is Cc1[nH]nc2c1C1(CCN(C(=O)OCc3ccccc3)CC1)Oc1cccc(F)c1-2. The van der Waals surface area contributed by atoms with Gasteiger partial charge in [-0.1, -0.05) is 36.4 Å². The van der Waals surface area contributed by atoms with Gasteiger partial charge in [0.15, 0.2) is 0 Å². The summed E-state index contributed by atoms with van der Waals surface area (Å²) in [4.78, 5) is 14.2. The van der Waals surface area contributed by atoms with E-state index in [4.69, 9.17) is 9.47 Å². The van der Waals surface area contributed by atoms with Crippen LogP contribution in [-0.2, 0) is 16.9 Å². The molecule has 2 aliphatic rings. The molecule has 154 valence electrons. The van der Waals surface area contributed by atoms with Gasteiger partial charge in [-0.15, -0.1) is 0 Å². The molecule has 0 unspecified atom stereocenters. The lowest BCUT2D eigenvalue weighted by Gasteiger charge is -2.44. The van der Waals surface area contributed by atoms with Crippen LogP contribution in [0.4, 0.5) is 9.18 Å². The van der Waals surface area contributed by atoms with Crippen LogP contribution in [-0.4, -0.2) is 34.3 Å². The smallest absolute Gasteiger partial charge is 0.410 e. The maximum absolute atomic E-state index is 14.5. The number of aryl methyl sites for hydroxylation is 1. The number of amides is 1. The van der Waals surface area contributed by atoms with Crippen LogP contribution >= 0.6 is 0 Å². The average Bonchev–Trinajstić information content (AvgIpc) is 3.16. The topological polar surface area (TPSA) is 67.5 Å². The number of H-pyrrole nitrogens is 1. The van der Waals surface area contributed by atoms with Crippen LogP contribution in [0.2, 0.25) is 0 Å². The number of nitrogens with one attached hydrogen (secondary N) is 1. The molecule has 2 aliphatic heterocycles. The molecular weight excluding hydrogens is 385 g/mol. The fourth-order valence-corrected chi connectivity index (χ4v) is 4.46. The number of hydrogen-bond acceptors (Lipinski definition) is 4. The van der Waals surface area contributed by atoms with Gasteiger partial charge in [0, 0.05) is 37.2 Å². The molecule has 0 saturated carbocycles. The standard InChI is InChI=1S/C23H22FN3O3/c1-15-20-21(26-25-15)19-17(24)8-5-9-18(19)30-23(20)10-12-27(13-11-23)22(28)29-14-16-6-3-2-4-7-16/h2-9H,10-14H2,1H3,(H,25,26). The Kier molecular flexibility index (Phi) is 4.46. The van der Waals surface area contributed by atoms with Gasteiger partial charge in [0.25, 0.3) is 0 Å². The number of aromatic nitrogens is 2. The highest BCUT2D eigenvalue weighted by Gasteiger charge is 2.47. The number of carbonyl (C=O) groups is 1. The third kappa shape index (κ3) is 3.01. The summed E-state index contributed by atoms with van der Waals surface area (Å²) >= 11 is 0. The molecule has 6 nitrogen and oxygen atoms in total. The summed E-state index contributed by atoms with van der Waals surface area (Å²) in [5.74, 6) is 0.145. The molecule has 0 radical (unpaired) electrons. The molecule has 1 fully saturated rings. The average molecular weight is 407 g/mol. The van der Waals surface area contributed by atoms with Crippen LogP contribution in [0, 0.1) is 12.7 Å². The second-order valence-electron chi connectivity index (χ2n) is 7.81. The van der Waals surface area contributed by atoms with Crippen molar-refractivity contribution in [2.75, 3.05) is 13.1 Å². The van der Waals surface area contributed by atoms with Crippen LogP contribution in [0.3, 0.4) is 0 Å². The van der Waals surface area contributed by atoms with E-state index in [2.05, 4.69) is 10.2 Å². The van der Waals surface area contributed by atoms with Crippen molar-refractivity contribution < 1.29 is 18.7 Å². The summed E-state index contributed by atoms with van der Waals surface area (Å²) in [5, 5.41) is 7.36. The highest BCUT2D eigenvalue weighted by molar-refractivity contribution is 5.75. The molecule has 3 heterocycles. The third-order valence-electron chi connectivity index (χ3n) is 5.95. The summed E-state index contributed by atoms with van der Waals surface area (Å²) in [6, 6.07) is 14.4. The predicted octanol–water partition coefficient (Wildman–Crippen LogP) is 4.54. The Bertz CT molecular complexity index is 1090. The molecule has 1 N–H and O–H groups in total. The van der Waals surface area contributed by atoms with E-state index in [9.17, 15) is 9.18 Å². The van der Waals surface area contributed by atoms with E-state index in [0.717, 1.165) is 16.8 Å². The minimum atomic E-state index is -0.635. The molecule has 3 aromatic rings. The molecule has 1 amide bonds. The first-order valence-corrected chi connectivity index (χ1v) is 10.1. The molecule has 0 aliphatic carbocycles. The minimum absolute atomic E-state index is 0.245. The number of piperidine rings is 1. The van der Waals surface area contributed by atoms with Crippen molar-refractivity contribution in [1.29, 1.82) is 0 Å². The van der Waals surface area contributed by atoms with Crippen molar-refractivity contribution in [3.05, 3.63) is 71.2 Å². The lowest BCUT2D eigenvalue weighted by molar-refractivity contribution is -0.00709. The second-order valence-corrected chi connectivity index (χ2v) is 7.81. The Labute approximate surface area is 173 Å². The number of fused-ring (bicyclic) bond motifs is 4. The van der Waals surface area contributed by atoms with E-state index in [-0.39, 0.29) is 18.5 Å². The van der Waals surface area contributed by atoms with E-state index >= 15 is 0 Å². The molecule has 7 heteroatoms. The van der Waals surface area contributed by atoms with Gasteiger partial charge in [-0.2, -0.15) is 5.10 Å². The van der Waals surface area contributed by atoms with Gasteiger partial charge in [0.05, 0.1) is 5.56 Å². The van der Waals surface area contributed by atoms with Crippen LogP contribution in [0.25, 0.3) is 11.3 Å². The van der Waals surface area contributed by atoms with Crippen molar-refractivity contribution >= 4 is 6.09 Å². The number of nitrogens with zero attached hydrogens (tertiary/aromatic N) is 2. The Balaban J connectivity index is 1.34. The number of halogens is 1. The lowest BCUT2D eigenvalue weighted by atomic mass is 9.79. The third-order valence-corrected chi connectivity index (χ3v) is 5.95. The summed E-state index contributed by atoms with van der Waals surface area (Å²) in [6.45, 7) is 3.14. The Hall–Kier alpha value is -3.35. The fraction of sp³-hybridized carbons (Fsp3) is 0.304. The van der Waals surface area contributed by atoms with E-state index in [1.807, 2.05) is 37.3 Å². The Morgan fingerprint density at radius 1 is 1.20 bits per heavy atom. The largest absolute Gasteiger partial charge is 0.481 e. The summed E-state index contributed by atoms with van der Waals surface area (Å²) in [6.07, 6.45) is 0.827. The minimum Gasteiger partial charge on any atom is -0.481 e. The molecule has 1 saturated heterocycles. The molecule has 30 heavy (non-hydrogen) atoms. The first kappa shape index (κ1) is 18.7. The van der Waals surface area contributed by atoms with Gasteiger partial charge >= 0.3 is 6.09 Å². The maximum atomic E-state index is 14.5. The summed E-state index contributed by atoms with van der Waals surface area (Å²) < 4.78 is 26.4. The monoisotopic (exact) mass is 407 g/mol. The van der Waals surface area contributed by atoms with Crippen molar-refractivity contribution in [3.8, 4) is 17.0 Å². The second kappa shape index (κ2) is 7.16.